The highest BCUT2D eigenvalue weighted by Crippen LogP contribution is 2.35. The van der Waals surface area contributed by atoms with Crippen LogP contribution in [0, 0.1) is 5.82 Å². The number of nitrogens with zero attached hydrogens (tertiary/aromatic N) is 1. The van der Waals surface area contributed by atoms with Gasteiger partial charge >= 0.3 is 6.09 Å². The second-order valence-electron chi connectivity index (χ2n) is 7.23. The minimum absolute atomic E-state index is 0.199. The van der Waals surface area contributed by atoms with E-state index in [1.165, 1.54) is 12.1 Å². The molecule has 2 aromatic carbocycles. The third kappa shape index (κ3) is 3.67. The molecule has 0 saturated carbocycles. The van der Waals surface area contributed by atoms with Crippen molar-refractivity contribution in [3.63, 3.8) is 0 Å². The molecule has 0 aliphatic carbocycles. The number of carbonyl (C=O) groups excluding carboxylic acids is 1. The first kappa shape index (κ1) is 17.9. The average Bonchev–Trinajstić information content (AvgIpc) is 3.13. The zero-order valence-electron chi connectivity index (χ0n) is 15.0. The van der Waals surface area contributed by atoms with E-state index in [0.717, 1.165) is 16.7 Å². The van der Waals surface area contributed by atoms with Gasteiger partial charge in [-0.15, -0.1) is 0 Å². The molecule has 0 spiro atoms. The minimum atomic E-state index is -1.51. The van der Waals surface area contributed by atoms with Crippen molar-refractivity contribution in [2.75, 3.05) is 26.2 Å². The molecule has 4 rings (SSSR count). The lowest BCUT2D eigenvalue weighted by Gasteiger charge is -2.37. The maximum absolute atomic E-state index is 14.5. The van der Waals surface area contributed by atoms with Crippen molar-refractivity contribution in [3.05, 3.63) is 71.0 Å². The van der Waals surface area contributed by atoms with Crippen LogP contribution in [-0.4, -0.2) is 42.9 Å². The summed E-state index contributed by atoms with van der Waals surface area (Å²) in [7, 11) is 0. The number of amides is 1. The van der Waals surface area contributed by atoms with E-state index in [2.05, 4.69) is 5.32 Å². The summed E-state index contributed by atoms with van der Waals surface area (Å²) < 4.78 is 33.3. The maximum Gasteiger partial charge on any atom is 0.410 e. The Morgan fingerprint density at radius 3 is 2.74 bits per heavy atom. The molecule has 1 fully saturated rings. The number of alkyl halides is 1. The van der Waals surface area contributed by atoms with Crippen LogP contribution < -0.4 is 5.32 Å². The monoisotopic (exact) mass is 372 g/mol. The molecule has 0 aromatic heterocycles. The van der Waals surface area contributed by atoms with E-state index in [9.17, 15) is 13.6 Å². The first-order chi connectivity index (χ1) is 13.1. The fraction of sp³-hybridized carbons (Fsp3) is 0.381. The Labute approximate surface area is 157 Å². The van der Waals surface area contributed by atoms with Crippen molar-refractivity contribution in [1.29, 1.82) is 0 Å². The smallest absolute Gasteiger partial charge is 0.410 e. The van der Waals surface area contributed by atoms with Gasteiger partial charge in [0.1, 0.15) is 12.4 Å². The molecule has 4 nitrogen and oxygen atoms in total. The van der Waals surface area contributed by atoms with Crippen LogP contribution in [0.1, 0.15) is 29.2 Å². The molecule has 2 aromatic rings. The van der Waals surface area contributed by atoms with Crippen molar-refractivity contribution >= 4 is 6.09 Å². The van der Waals surface area contributed by atoms with Gasteiger partial charge in [-0.1, -0.05) is 36.4 Å². The van der Waals surface area contributed by atoms with E-state index in [4.69, 9.17) is 4.74 Å². The molecule has 0 unspecified atom stereocenters. The van der Waals surface area contributed by atoms with Crippen molar-refractivity contribution in [3.8, 4) is 0 Å². The van der Waals surface area contributed by atoms with Gasteiger partial charge in [0.2, 0.25) is 0 Å². The summed E-state index contributed by atoms with van der Waals surface area (Å²) in [5.41, 5.74) is 1.44. The lowest BCUT2D eigenvalue weighted by atomic mass is 9.88. The van der Waals surface area contributed by atoms with Crippen LogP contribution >= 0.6 is 0 Å². The molecule has 142 valence electrons. The van der Waals surface area contributed by atoms with E-state index in [-0.39, 0.29) is 25.0 Å². The standard InChI is InChI=1S/C21H22F2N2O2/c22-17-7-5-16(6-8-17)19-18-4-2-1-3-15(18)9-12-25(19)20(26)27-14-21(23)10-11-24-13-21/h1-8,19,24H,9-14H2/t19-,21+/m0/s1. The number of benzene rings is 2. The van der Waals surface area contributed by atoms with Gasteiger partial charge in [0, 0.05) is 13.1 Å². The summed E-state index contributed by atoms with van der Waals surface area (Å²) in [6.45, 7) is 0.996. The van der Waals surface area contributed by atoms with Gasteiger partial charge in [-0.2, -0.15) is 0 Å². The number of nitrogens with one attached hydrogen (secondary N) is 1. The highest BCUT2D eigenvalue weighted by atomic mass is 19.1. The van der Waals surface area contributed by atoms with Crippen LogP contribution in [-0.2, 0) is 11.2 Å². The lowest BCUT2D eigenvalue weighted by Crippen LogP contribution is -2.43. The number of hydrogen-bond acceptors (Lipinski definition) is 3. The number of rotatable bonds is 3. The molecule has 2 aliphatic heterocycles. The van der Waals surface area contributed by atoms with Gasteiger partial charge < -0.3 is 10.1 Å². The normalized spacial score (nSPS) is 24.5. The molecule has 1 saturated heterocycles. The summed E-state index contributed by atoms with van der Waals surface area (Å²) in [5, 5.41) is 2.95. The second-order valence-corrected chi connectivity index (χ2v) is 7.23. The Morgan fingerprint density at radius 1 is 1.22 bits per heavy atom. The molecule has 27 heavy (non-hydrogen) atoms. The molecule has 0 bridgehead atoms. The van der Waals surface area contributed by atoms with E-state index in [1.807, 2.05) is 24.3 Å². The quantitative estimate of drug-likeness (QED) is 0.895. The van der Waals surface area contributed by atoms with Crippen LogP contribution in [0.25, 0.3) is 0 Å². The van der Waals surface area contributed by atoms with E-state index >= 15 is 0 Å². The van der Waals surface area contributed by atoms with Gasteiger partial charge in [-0.3, -0.25) is 4.90 Å². The largest absolute Gasteiger partial charge is 0.446 e. The van der Waals surface area contributed by atoms with Gasteiger partial charge in [0.15, 0.2) is 5.67 Å². The highest BCUT2D eigenvalue weighted by Gasteiger charge is 2.38. The molecule has 6 heteroatoms. The zero-order chi connectivity index (χ0) is 18.9. The first-order valence-electron chi connectivity index (χ1n) is 9.22. The molecule has 1 N–H and O–H groups in total. The Bertz CT molecular complexity index is 819. The van der Waals surface area contributed by atoms with Crippen molar-refractivity contribution in [2.45, 2.75) is 24.6 Å². The molecular weight excluding hydrogens is 350 g/mol. The van der Waals surface area contributed by atoms with Crippen LogP contribution in [0.15, 0.2) is 48.5 Å². The summed E-state index contributed by atoms with van der Waals surface area (Å²) in [4.78, 5) is 14.4. The number of carbonyl (C=O) groups is 1. The topological polar surface area (TPSA) is 41.6 Å². The molecule has 0 radical (unpaired) electrons. The zero-order valence-corrected chi connectivity index (χ0v) is 15.0. The summed E-state index contributed by atoms with van der Waals surface area (Å²) in [6.07, 6.45) is 0.498. The van der Waals surface area contributed by atoms with Crippen molar-refractivity contribution in [2.24, 2.45) is 0 Å². The Kier molecular flexibility index (Phi) is 4.83. The van der Waals surface area contributed by atoms with Crippen LogP contribution in [0.3, 0.4) is 0 Å². The second kappa shape index (κ2) is 7.27. The predicted molar refractivity (Wildman–Crippen MR) is 97.8 cm³/mol. The highest BCUT2D eigenvalue weighted by molar-refractivity contribution is 5.70. The third-order valence-electron chi connectivity index (χ3n) is 5.35. The maximum atomic E-state index is 14.5. The Hall–Kier alpha value is -2.47. The van der Waals surface area contributed by atoms with Gasteiger partial charge in [-0.25, -0.2) is 13.6 Å². The SMILES string of the molecule is O=C(OC[C@@]1(F)CCNC1)N1CCc2ccccc2[C@@H]1c1ccc(F)cc1. The third-order valence-corrected chi connectivity index (χ3v) is 5.35. The van der Waals surface area contributed by atoms with Gasteiger partial charge in [-0.05, 0) is 48.2 Å². The van der Waals surface area contributed by atoms with Crippen molar-refractivity contribution in [1.82, 2.24) is 10.2 Å². The predicted octanol–water partition coefficient (Wildman–Crippen LogP) is 3.61. The molecular formula is C21H22F2N2O2. The lowest BCUT2D eigenvalue weighted by molar-refractivity contribution is 0.0343. The average molecular weight is 372 g/mol. The fourth-order valence-electron chi connectivity index (χ4n) is 3.88. The molecule has 2 atom stereocenters. The van der Waals surface area contributed by atoms with Crippen LogP contribution in [0.4, 0.5) is 13.6 Å². The van der Waals surface area contributed by atoms with Crippen LogP contribution in [0.2, 0.25) is 0 Å². The summed E-state index contributed by atoms with van der Waals surface area (Å²) in [5.74, 6) is -0.329. The Balaban J connectivity index is 1.60. The van der Waals surface area contributed by atoms with Gasteiger partial charge in [0.25, 0.3) is 0 Å². The molecule has 2 heterocycles. The summed E-state index contributed by atoms with van der Waals surface area (Å²) >= 11 is 0. The number of ether oxygens (including phenoxy) is 1. The van der Waals surface area contributed by atoms with E-state index < -0.39 is 11.8 Å². The van der Waals surface area contributed by atoms with Gasteiger partial charge in [0.05, 0.1) is 6.04 Å². The number of halogens is 2. The van der Waals surface area contributed by atoms with Crippen LogP contribution in [0.5, 0.6) is 0 Å². The number of fused-ring (bicyclic) bond motifs is 1. The first-order valence-corrected chi connectivity index (χ1v) is 9.22. The minimum Gasteiger partial charge on any atom is -0.446 e. The van der Waals surface area contributed by atoms with E-state index in [0.29, 0.717) is 25.9 Å². The Morgan fingerprint density at radius 2 is 2.00 bits per heavy atom. The fourth-order valence-corrected chi connectivity index (χ4v) is 3.88. The van der Waals surface area contributed by atoms with Crippen molar-refractivity contribution < 1.29 is 18.3 Å². The number of hydrogen-bond donors (Lipinski definition) is 1. The van der Waals surface area contributed by atoms with E-state index in [1.54, 1.807) is 17.0 Å². The molecule has 2 aliphatic rings. The molecule has 1 amide bonds. The summed E-state index contributed by atoms with van der Waals surface area (Å²) in [6, 6.07) is 13.7.